The third kappa shape index (κ3) is 4.35. The second-order valence-electron chi connectivity index (χ2n) is 4.37. The van der Waals surface area contributed by atoms with E-state index in [1.54, 1.807) is 18.3 Å². The fourth-order valence-electron chi connectivity index (χ4n) is 1.65. The normalized spacial score (nSPS) is 10.6. The van der Waals surface area contributed by atoms with Crippen LogP contribution in [0.2, 0.25) is 0 Å². The number of anilines is 1. The number of amides is 1. The third-order valence-electron chi connectivity index (χ3n) is 2.75. The van der Waals surface area contributed by atoms with Crippen molar-refractivity contribution < 1.29 is 9.90 Å². The van der Waals surface area contributed by atoms with Crippen molar-refractivity contribution >= 4 is 11.6 Å². The summed E-state index contributed by atoms with van der Waals surface area (Å²) in [6.07, 6.45) is 3.02. The summed E-state index contributed by atoms with van der Waals surface area (Å²) in [7, 11) is 0. The minimum atomic E-state index is -0.526. The zero-order valence-corrected chi connectivity index (χ0v) is 11.7. The van der Waals surface area contributed by atoms with E-state index in [9.17, 15) is 9.90 Å². The molecule has 0 spiro atoms. The molecule has 1 aromatic carbocycles. The van der Waals surface area contributed by atoms with Crippen LogP contribution >= 0.6 is 0 Å². The zero-order valence-electron chi connectivity index (χ0n) is 11.7. The number of carbonyl (C=O) groups is 1. The van der Waals surface area contributed by atoms with E-state index in [1.165, 1.54) is 18.3 Å². The van der Waals surface area contributed by atoms with Gasteiger partial charge in [0.25, 0.3) is 5.91 Å². The van der Waals surface area contributed by atoms with Crippen molar-refractivity contribution in [1.82, 2.24) is 10.3 Å². The first-order chi connectivity index (χ1) is 10.7. The van der Waals surface area contributed by atoms with Gasteiger partial charge in [-0.15, -0.1) is 0 Å². The van der Waals surface area contributed by atoms with Gasteiger partial charge in [0.15, 0.2) is 0 Å². The molecule has 22 heavy (non-hydrogen) atoms. The molecule has 0 saturated heterocycles. The molecule has 2 aromatic rings. The van der Waals surface area contributed by atoms with E-state index in [0.29, 0.717) is 12.2 Å². The highest BCUT2D eigenvalue weighted by molar-refractivity contribution is 6.06. The van der Waals surface area contributed by atoms with Gasteiger partial charge in [-0.1, -0.05) is 6.07 Å². The summed E-state index contributed by atoms with van der Waals surface area (Å²) >= 11 is 0. The average Bonchev–Trinajstić information content (AvgIpc) is 2.54. The van der Waals surface area contributed by atoms with Crippen molar-refractivity contribution in [3.05, 3.63) is 66.1 Å². The summed E-state index contributed by atoms with van der Waals surface area (Å²) in [5, 5.41) is 23.7. The summed E-state index contributed by atoms with van der Waals surface area (Å²) < 4.78 is 0. The van der Waals surface area contributed by atoms with Gasteiger partial charge in [-0.3, -0.25) is 9.78 Å². The first-order valence-corrected chi connectivity index (χ1v) is 6.53. The molecule has 3 N–H and O–H groups in total. The minimum absolute atomic E-state index is 0.0518. The molecule has 1 heterocycles. The van der Waals surface area contributed by atoms with Crippen molar-refractivity contribution in [3.8, 4) is 11.8 Å². The zero-order chi connectivity index (χ0) is 15.8. The average molecular weight is 294 g/mol. The number of aromatic hydroxyl groups is 1. The number of nitrogens with one attached hydrogen (secondary N) is 2. The van der Waals surface area contributed by atoms with E-state index < -0.39 is 5.91 Å². The van der Waals surface area contributed by atoms with E-state index in [-0.39, 0.29) is 11.3 Å². The highest BCUT2D eigenvalue weighted by Gasteiger charge is 2.09. The molecule has 0 fully saturated rings. The number of phenols is 1. The van der Waals surface area contributed by atoms with Crippen LogP contribution in [0.1, 0.15) is 5.69 Å². The molecular formula is C16H14N4O2. The van der Waals surface area contributed by atoms with Gasteiger partial charge in [-0.05, 0) is 36.4 Å². The molecular weight excluding hydrogens is 280 g/mol. The van der Waals surface area contributed by atoms with Crippen LogP contribution in [-0.2, 0) is 11.3 Å². The fourth-order valence-corrected chi connectivity index (χ4v) is 1.65. The summed E-state index contributed by atoms with van der Waals surface area (Å²) in [6.45, 7) is 0.415. The van der Waals surface area contributed by atoms with E-state index >= 15 is 0 Å². The van der Waals surface area contributed by atoms with E-state index in [0.717, 1.165) is 5.69 Å². The molecule has 1 aromatic heterocycles. The van der Waals surface area contributed by atoms with Gasteiger partial charge < -0.3 is 15.7 Å². The molecule has 0 unspecified atom stereocenters. The summed E-state index contributed by atoms with van der Waals surface area (Å²) in [4.78, 5) is 16.1. The maximum atomic E-state index is 12.0. The Morgan fingerprint density at radius 2 is 2.05 bits per heavy atom. The van der Waals surface area contributed by atoms with Gasteiger partial charge in [0, 0.05) is 18.1 Å². The molecule has 110 valence electrons. The van der Waals surface area contributed by atoms with Crippen LogP contribution in [0, 0.1) is 11.3 Å². The van der Waals surface area contributed by atoms with Crippen molar-refractivity contribution in [2.75, 3.05) is 5.32 Å². The lowest BCUT2D eigenvalue weighted by Gasteiger charge is -2.05. The summed E-state index contributed by atoms with van der Waals surface area (Å²) in [6, 6.07) is 13.3. The molecule has 0 aliphatic rings. The van der Waals surface area contributed by atoms with Crippen LogP contribution in [0.25, 0.3) is 0 Å². The van der Waals surface area contributed by atoms with Crippen LogP contribution in [0.3, 0.4) is 0 Å². The lowest BCUT2D eigenvalue weighted by Crippen LogP contribution is -2.16. The minimum Gasteiger partial charge on any atom is -0.508 e. The molecule has 1 amide bonds. The quantitative estimate of drug-likeness (QED) is 0.444. The molecule has 0 aliphatic heterocycles. The van der Waals surface area contributed by atoms with Crippen LogP contribution in [0.15, 0.2) is 60.4 Å². The van der Waals surface area contributed by atoms with E-state index in [2.05, 4.69) is 15.6 Å². The smallest absolute Gasteiger partial charge is 0.267 e. The van der Waals surface area contributed by atoms with Crippen molar-refractivity contribution in [2.45, 2.75) is 6.54 Å². The summed E-state index contributed by atoms with van der Waals surface area (Å²) in [5.41, 5.74) is 1.24. The topological polar surface area (TPSA) is 98.0 Å². The maximum Gasteiger partial charge on any atom is 0.267 e. The number of carbonyl (C=O) groups excluding carboxylic acids is 1. The lowest BCUT2D eigenvalue weighted by atomic mass is 10.2. The second-order valence-corrected chi connectivity index (χ2v) is 4.37. The number of pyridine rings is 1. The number of nitriles is 1. The van der Waals surface area contributed by atoms with Gasteiger partial charge in [-0.2, -0.15) is 5.26 Å². The number of aromatic nitrogens is 1. The van der Waals surface area contributed by atoms with Crippen molar-refractivity contribution in [1.29, 1.82) is 5.26 Å². The number of nitrogens with zero attached hydrogens (tertiary/aromatic N) is 2. The van der Waals surface area contributed by atoms with Crippen LogP contribution < -0.4 is 10.6 Å². The Kier molecular flexibility index (Phi) is 5.10. The first kappa shape index (κ1) is 15.1. The fraction of sp³-hybridized carbons (Fsp3) is 0.0625. The predicted octanol–water partition coefficient (Wildman–Crippen LogP) is 1.92. The maximum absolute atomic E-state index is 12.0. The van der Waals surface area contributed by atoms with E-state index in [1.807, 2.05) is 24.3 Å². The van der Waals surface area contributed by atoms with Gasteiger partial charge in [0.2, 0.25) is 0 Å². The number of rotatable bonds is 5. The van der Waals surface area contributed by atoms with Crippen LogP contribution in [-0.4, -0.2) is 16.0 Å². The molecule has 2 rings (SSSR count). The number of benzene rings is 1. The van der Waals surface area contributed by atoms with Gasteiger partial charge >= 0.3 is 0 Å². The molecule has 0 bridgehead atoms. The summed E-state index contributed by atoms with van der Waals surface area (Å²) in [5.74, 6) is -0.423. The van der Waals surface area contributed by atoms with Crippen LogP contribution in [0.5, 0.6) is 5.75 Å². The number of phenolic OH excluding ortho intramolecular Hbond substituents is 1. The van der Waals surface area contributed by atoms with Crippen molar-refractivity contribution in [3.63, 3.8) is 0 Å². The first-order valence-electron chi connectivity index (χ1n) is 6.53. The Morgan fingerprint density at radius 1 is 1.27 bits per heavy atom. The third-order valence-corrected chi connectivity index (χ3v) is 2.75. The molecule has 0 aliphatic carbocycles. The molecule has 6 nitrogen and oxygen atoms in total. The SMILES string of the molecule is N#C/C(=C/NCc1ccccn1)C(=O)Nc1ccc(O)cc1. The second kappa shape index (κ2) is 7.45. The van der Waals surface area contributed by atoms with Gasteiger partial charge in [0.1, 0.15) is 17.4 Å². The molecule has 0 saturated carbocycles. The molecule has 0 radical (unpaired) electrons. The number of hydrogen-bond acceptors (Lipinski definition) is 5. The lowest BCUT2D eigenvalue weighted by molar-refractivity contribution is -0.112. The Balaban J connectivity index is 1.95. The van der Waals surface area contributed by atoms with Crippen molar-refractivity contribution in [2.24, 2.45) is 0 Å². The van der Waals surface area contributed by atoms with E-state index in [4.69, 9.17) is 5.26 Å². The highest BCUT2D eigenvalue weighted by atomic mass is 16.3. The van der Waals surface area contributed by atoms with Crippen LogP contribution in [0.4, 0.5) is 5.69 Å². The Morgan fingerprint density at radius 3 is 2.68 bits per heavy atom. The Hall–Kier alpha value is -3.33. The number of hydrogen-bond donors (Lipinski definition) is 3. The predicted molar refractivity (Wildman–Crippen MR) is 81.5 cm³/mol. The largest absolute Gasteiger partial charge is 0.508 e. The standard InChI is InChI=1S/C16H14N4O2/c17-9-12(10-18-11-14-3-1-2-8-19-14)16(22)20-13-4-6-15(21)7-5-13/h1-8,10,18,21H,11H2,(H,20,22)/b12-10-. The van der Waals surface area contributed by atoms with Gasteiger partial charge in [-0.25, -0.2) is 0 Å². The Labute approximate surface area is 127 Å². The molecule has 6 heteroatoms. The van der Waals surface area contributed by atoms with Gasteiger partial charge in [0.05, 0.1) is 12.2 Å². The highest BCUT2D eigenvalue weighted by Crippen LogP contribution is 2.14. The monoisotopic (exact) mass is 294 g/mol. The Bertz CT molecular complexity index is 703. The molecule has 0 atom stereocenters.